The third-order valence-corrected chi connectivity index (χ3v) is 10.6. The number of fused-ring (bicyclic) bond motifs is 1. The second-order valence-corrected chi connectivity index (χ2v) is 14.0. The van der Waals surface area contributed by atoms with E-state index in [-0.39, 0.29) is 24.5 Å². The average molecular weight is 783 g/mol. The molecule has 0 atom stereocenters. The molecular weight excluding hydrogens is 743 g/mol. The predicted molar refractivity (Wildman–Crippen MR) is 216 cm³/mol. The zero-order chi connectivity index (χ0) is 40.2. The van der Waals surface area contributed by atoms with Gasteiger partial charge in [0, 0.05) is 56.7 Å². The summed E-state index contributed by atoms with van der Waals surface area (Å²) in [4.78, 5) is 37.3. The molecule has 0 aliphatic carbocycles. The Balaban J connectivity index is 1.12. The molecule has 8 rings (SSSR count). The van der Waals surface area contributed by atoms with E-state index < -0.39 is 18.3 Å². The van der Waals surface area contributed by atoms with Gasteiger partial charge in [-0.05, 0) is 52.1 Å². The number of alkyl halides is 2. The number of hydrogen-bond donors (Lipinski definition) is 1. The zero-order valence-electron chi connectivity index (χ0n) is 31.6. The average Bonchev–Trinajstić information content (AvgIpc) is 3.49. The maximum atomic E-state index is 13.8. The van der Waals surface area contributed by atoms with Gasteiger partial charge in [0.15, 0.2) is 0 Å². The molecule has 3 heterocycles. The maximum Gasteiger partial charge on any atom is 0.407 e. The summed E-state index contributed by atoms with van der Waals surface area (Å²) >= 11 is 0. The van der Waals surface area contributed by atoms with Crippen molar-refractivity contribution in [2.45, 2.75) is 25.4 Å². The second kappa shape index (κ2) is 16.3. The van der Waals surface area contributed by atoms with Gasteiger partial charge in [0.25, 0.3) is 5.56 Å². The molecule has 0 saturated carbocycles. The number of carboxylic acid groups (broad SMARTS) is 1. The quantitative estimate of drug-likeness (QED) is 0.125. The van der Waals surface area contributed by atoms with Crippen LogP contribution in [0.2, 0.25) is 0 Å². The summed E-state index contributed by atoms with van der Waals surface area (Å²) in [5.41, 5.74) is 4.71. The fourth-order valence-corrected chi connectivity index (χ4v) is 7.65. The molecule has 1 amide bonds. The molecule has 1 aliphatic rings. The van der Waals surface area contributed by atoms with Crippen molar-refractivity contribution in [3.63, 3.8) is 0 Å². The monoisotopic (exact) mass is 782 g/mol. The molecule has 294 valence electrons. The number of piperazine rings is 1. The van der Waals surface area contributed by atoms with Crippen molar-refractivity contribution in [2.24, 2.45) is 7.05 Å². The lowest BCUT2D eigenvalue weighted by molar-refractivity contribution is -0.0505. The molecule has 1 aliphatic heterocycles. The summed E-state index contributed by atoms with van der Waals surface area (Å²) in [5.74, 6) is 0.480. The Morgan fingerprint density at radius 2 is 1.36 bits per heavy atom. The third kappa shape index (κ3) is 7.51. The minimum Gasteiger partial charge on any atom is -0.465 e. The SMILES string of the molecule is Cn1c(=O)c2ccc(-c3cnc(N4CCN(C(=O)O)CC4)nc3)cc2n1Cc1cc(COC(c2ccccc2)(c2ccccc2)c2ccccc2)ccc1OC(F)F. The number of aromatic nitrogens is 4. The first-order valence-electron chi connectivity index (χ1n) is 18.8. The lowest BCUT2D eigenvalue weighted by Gasteiger charge is -2.36. The molecule has 0 bridgehead atoms. The van der Waals surface area contributed by atoms with Gasteiger partial charge in [0.2, 0.25) is 5.95 Å². The van der Waals surface area contributed by atoms with Crippen molar-refractivity contribution < 1.29 is 28.2 Å². The van der Waals surface area contributed by atoms with Crippen molar-refractivity contribution in [1.82, 2.24) is 24.2 Å². The molecule has 0 unspecified atom stereocenters. The van der Waals surface area contributed by atoms with E-state index in [0.717, 1.165) is 22.3 Å². The molecule has 7 aromatic rings. The van der Waals surface area contributed by atoms with Crippen LogP contribution < -0.4 is 15.2 Å². The first kappa shape index (κ1) is 38.0. The number of anilines is 1. The van der Waals surface area contributed by atoms with Gasteiger partial charge >= 0.3 is 12.7 Å². The van der Waals surface area contributed by atoms with Crippen molar-refractivity contribution in [3.05, 3.63) is 178 Å². The van der Waals surface area contributed by atoms with E-state index in [9.17, 15) is 23.5 Å². The van der Waals surface area contributed by atoms with Crippen LogP contribution in [-0.2, 0) is 30.5 Å². The van der Waals surface area contributed by atoms with E-state index in [1.807, 2.05) is 108 Å². The van der Waals surface area contributed by atoms with Crippen LogP contribution in [0.4, 0.5) is 19.5 Å². The van der Waals surface area contributed by atoms with Crippen molar-refractivity contribution in [2.75, 3.05) is 31.1 Å². The van der Waals surface area contributed by atoms with Gasteiger partial charge in [0.05, 0.1) is 24.1 Å². The number of halogens is 2. The van der Waals surface area contributed by atoms with E-state index >= 15 is 0 Å². The summed E-state index contributed by atoms with van der Waals surface area (Å²) in [5, 5.41) is 9.74. The highest BCUT2D eigenvalue weighted by Gasteiger charge is 2.37. The van der Waals surface area contributed by atoms with Crippen LogP contribution in [0.25, 0.3) is 22.0 Å². The van der Waals surface area contributed by atoms with Gasteiger partial charge in [-0.15, -0.1) is 0 Å². The lowest BCUT2D eigenvalue weighted by atomic mass is 9.80. The van der Waals surface area contributed by atoms with E-state index in [2.05, 4.69) is 9.97 Å². The number of ether oxygens (including phenoxy) is 2. The number of nitrogens with zero attached hydrogens (tertiary/aromatic N) is 6. The van der Waals surface area contributed by atoms with Gasteiger partial charge in [-0.1, -0.05) is 103 Å². The van der Waals surface area contributed by atoms with Gasteiger partial charge in [-0.25, -0.2) is 14.8 Å². The van der Waals surface area contributed by atoms with Crippen molar-refractivity contribution >= 4 is 22.9 Å². The number of carbonyl (C=O) groups is 1. The highest BCUT2D eigenvalue weighted by atomic mass is 19.3. The molecule has 1 saturated heterocycles. The van der Waals surface area contributed by atoms with Crippen LogP contribution >= 0.6 is 0 Å². The fraction of sp³-hybridized carbons (Fsp3) is 0.200. The largest absolute Gasteiger partial charge is 0.465 e. The van der Waals surface area contributed by atoms with E-state index in [1.165, 1.54) is 15.6 Å². The fourth-order valence-electron chi connectivity index (χ4n) is 7.65. The van der Waals surface area contributed by atoms with E-state index in [0.29, 0.717) is 59.7 Å². The molecule has 1 N–H and O–H groups in total. The number of benzene rings is 5. The van der Waals surface area contributed by atoms with E-state index in [4.69, 9.17) is 9.47 Å². The molecule has 0 radical (unpaired) electrons. The summed E-state index contributed by atoms with van der Waals surface area (Å²) in [7, 11) is 1.64. The second-order valence-electron chi connectivity index (χ2n) is 14.0. The Morgan fingerprint density at radius 3 is 1.91 bits per heavy atom. The summed E-state index contributed by atoms with van der Waals surface area (Å²) in [6, 6.07) is 40.3. The number of hydrogen-bond acceptors (Lipinski definition) is 7. The highest BCUT2D eigenvalue weighted by Crippen LogP contribution is 2.41. The van der Waals surface area contributed by atoms with Gasteiger partial charge in [0.1, 0.15) is 11.4 Å². The van der Waals surface area contributed by atoms with Gasteiger partial charge < -0.3 is 24.4 Å². The zero-order valence-corrected chi connectivity index (χ0v) is 31.6. The first-order chi connectivity index (χ1) is 28.2. The minimum absolute atomic E-state index is 0.0159. The van der Waals surface area contributed by atoms with Crippen LogP contribution in [0.5, 0.6) is 5.75 Å². The van der Waals surface area contributed by atoms with Crippen molar-refractivity contribution in [1.29, 1.82) is 0 Å². The van der Waals surface area contributed by atoms with Gasteiger partial charge in [-0.3, -0.25) is 14.2 Å². The molecular formula is C45H40F2N6O5. The Kier molecular flexibility index (Phi) is 10.7. The Hall–Kier alpha value is -6.86. The lowest BCUT2D eigenvalue weighted by Crippen LogP contribution is -2.48. The van der Waals surface area contributed by atoms with Crippen molar-refractivity contribution in [3.8, 4) is 16.9 Å². The van der Waals surface area contributed by atoms with Crippen LogP contribution in [0.1, 0.15) is 27.8 Å². The Bertz CT molecular complexity index is 2480. The third-order valence-electron chi connectivity index (χ3n) is 10.6. The van der Waals surface area contributed by atoms with Crippen LogP contribution in [0.15, 0.2) is 145 Å². The summed E-state index contributed by atoms with van der Waals surface area (Å²) < 4.78 is 42.9. The Labute approximate surface area is 332 Å². The maximum absolute atomic E-state index is 13.8. The van der Waals surface area contributed by atoms with Crippen LogP contribution in [-0.4, -0.2) is 68.2 Å². The number of amides is 1. The molecule has 11 nitrogen and oxygen atoms in total. The Morgan fingerprint density at radius 1 is 0.776 bits per heavy atom. The molecule has 5 aromatic carbocycles. The van der Waals surface area contributed by atoms with Crippen LogP contribution in [0.3, 0.4) is 0 Å². The number of rotatable bonds is 12. The highest BCUT2D eigenvalue weighted by molar-refractivity contribution is 5.84. The first-order valence-corrected chi connectivity index (χ1v) is 18.8. The molecule has 1 fully saturated rings. The minimum atomic E-state index is -3.07. The smallest absolute Gasteiger partial charge is 0.407 e. The molecule has 0 spiro atoms. The van der Waals surface area contributed by atoms with Gasteiger partial charge in [-0.2, -0.15) is 8.78 Å². The predicted octanol–water partition coefficient (Wildman–Crippen LogP) is 7.76. The van der Waals surface area contributed by atoms with Crippen LogP contribution in [0, 0.1) is 0 Å². The normalized spacial score (nSPS) is 13.3. The molecule has 13 heteroatoms. The summed E-state index contributed by atoms with van der Waals surface area (Å²) in [6.45, 7) is -1.24. The molecule has 2 aromatic heterocycles. The standard InChI is InChI=1S/C45H40F2N6O5/c1-50-41(54)38-19-18-32(34-27-48-43(49-28-34)51-21-23-52(24-22-51)44(55)56)26-39(38)53(50)29-33-25-31(17-20-40(33)58-42(46)47)30-57-45(35-11-5-2-6-12-35,36-13-7-3-8-14-36)37-15-9-4-10-16-37/h2-20,25-28,42H,21-24,29-30H2,1H3,(H,55,56). The van der Waals surface area contributed by atoms with E-state index in [1.54, 1.807) is 42.3 Å². The summed E-state index contributed by atoms with van der Waals surface area (Å²) in [6.07, 6.45) is 2.44. The topological polar surface area (TPSA) is 115 Å². The molecule has 58 heavy (non-hydrogen) atoms.